The minimum Gasteiger partial charge on any atom is -0.373 e. The van der Waals surface area contributed by atoms with E-state index in [0.717, 1.165) is 17.7 Å². The molecule has 2 aromatic carbocycles. The fraction of sp³-hybridized carbons (Fsp3) is 0.250. The van der Waals surface area contributed by atoms with Crippen molar-refractivity contribution in [3.05, 3.63) is 78.2 Å². The summed E-state index contributed by atoms with van der Waals surface area (Å²) in [5.74, 6) is 1.44. The van der Waals surface area contributed by atoms with E-state index < -0.39 is 6.23 Å². The molecule has 0 amide bonds. The summed E-state index contributed by atoms with van der Waals surface area (Å²) in [6.07, 6.45) is 4.13. The third-order valence-corrected chi connectivity index (χ3v) is 5.75. The van der Waals surface area contributed by atoms with Crippen LogP contribution in [0.5, 0.6) is 0 Å². The van der Waals surface area contributed by atoms with Crippen LogP contribution in [0.2, 0.25) is 0 Å². The molecule has 1 saturated heterocycles. The molecular weight excluding hydrogens is 388 g/mol. The van der Waals surface area contributed by atoms with E-state index in [1.165, 1.54) is 11.9 Å². The Hall–Kier alpha value is -3.58. The molecule has 156 valence electrons. The second kappa shape index (κ2) is 8.28. The first kappa shape index (κ1) is 19.4. The standard InChI is InChI=1S/C24H24N6O/c1-16-6-5-9-19(12-16)28-23-22-20(26-15-27-23)14-25-24(29-22)30-11-10-18(13-21(30)31)17-7-3-2-4-8-17/h2-9,12,14-15,18,21,31H,10-11,13H2,1H3,(H,26,27,28). The average Bonchev–Trinajstić information content (AvgIpc) is 2.80. The monoisotopic (exact) mass is 412 g/mol. The number of anilines is 3. The van der Waals surface area contributed by atoms with Crippen LogP contribution in [0, 0.1) is 6.92 Å². The molecule has 0 bridgehead atoms. The summed E-state index contributed by atoms with van der Waals surface area (Å²) in [7, 11) is 0. The number of hydrogen-bond donors (Lipinski definition) is 2. The summed E-state index contributed by atoms with van der Waals surface area (Å²) in [6.45, 7) is 2.73. The van der Waals surface area contributed by atoms with Crippen LogP contribution in [0.15, 0.2) is 67.1 Å². The summed E-state index contributed by atoms with van der Waals surface area (Å²) in [5.41, 5.74) is 4.64. The van der Waals surface area contributed by atoms with Gasteiger partial charge in [-0.05, 0) is 48.9 Å². The first-order valence-electron chi connectivity index (χ1n) is 10.5. The van der Waals surface area contributed by atoms with Crippen LogP contribution in [0.25, 0.3) is 11.0 Å². The Morgan fingerprint density at radius 1 is 1.03 bits per heavy atom. The lowest BCUT2D eigenvalue weighted by atomic mass is 9.88. The molecule has 7 heteroatoms. The molecule has 0 saturated carbocycles. The van der Waals surface area contributed by atoms with E-state index in [1.807, 2.05) is 54.3 Å². The molecule has 4 aromatic rings. The molecule has 2 atom stereocenters. The van der Waals surface area contributed by atoms with Crippen LogP contribution in [0.4, 0.5) is 17.5 Å². The van der Waals surface area contributed by atoms with Gasteiger partial charge in [-0.15, -0.1) is 0 Å². The average molecular weight is 412 g/mol. The van der Waals surface area contributed by atoms with Crippen molar-refractivity contribution in [2.75, 3.05) is 16.8 Å². The van der Waals surface area contributed by atoms with Crippen LogP contribution in [0.3, 0.4) is 0 Å². The molecule has 31 heavy (non-hydrogen) atoms. The molecule has 2 N–H and O–H groups in total. The lowest BCUT2D eigenvalue weighted by Crippen LogP contribution is -2.43. The second-order valence-electron chi connectivity index (χ2n) is 7.93. The molecule has 2 aromatic heterocycles. The zero-order valence-corrected chi connectivity index (χ0v) is 17.3. The van der Waals surface area contributed by atoms with Gasteiger partial charge in [0.25, 0.3) is 0 Å². The van der Waals surface area contributed by atoms with E-state index in [2.05, 4.69) is 32.4 Å². The number of aliphatic hydroxyl groups is 1. The lowest BCUT2D eigenvalue weighted by molar-refractivity contribution is 0.128. The van der Waals surface area contributed by atoms with Crippen LogP contribution in [0.1, 0.15) is 29.9 Å². The van der Waals surface area contributed by atoms with Crippen molar-refractivity contribution in [3.63, 3.8) is 0 Å². The molecular formula is C24H24N6O. The van der Waals surface area contributed by atoms with Gasteiger partial charge in [0.15, 0.2) is 5.82 Å². The third-order valence-electron chi connectivity index (χ3n) is 5.75. The van der Waals surface area contributed by atoms with E-state index >= 15 is 0 Å². The first-order valence-corrected chi connectivity index (χ1v) is 10.5. The number of nitrogens with one attached hydrogen (secondary N) is 1. The zero-order valence-electron chi connectivity index (χ0n) is 17.3. The Kier molecular flexibility index (Phi) is 5.18. The van der Waals surface area contributed by atoms with E-state index in [9.17, 15) is 5.11 Å². The van der Waals surface area contributed by atoms with Gasteiger partial charge in [-0.2, -0.15) is 0 Å². The lowest BCUT2D eigenvalue weighted by Gasteiger charge is -2.36. The van der Waals surface area contributed by atoms with Crippen LogP contribution >= 0.6 is 0 Å². The SMILES string of the molecule is Cc1cccc(Nc2ncnc3cnc(N4CCC(c5ccccc5)CC4O)nc23)c1. The van der Waals surface area contributed by atoms with Gasteiger partial charge in [0.1, 0.15) is 23.6 Å². The highest BCUT2D eigenvalue weighted by Crippen LogP contribution is 2.33. The predicted octanol–water partition coefficient (Wildman–Crippen LogP) is 4.17. The van der Waals surface area contributed by atoms with Crippen molar-refractivity contribution in [2.45, 2.75) is 31.9 Å². The maximum Gasteiger partial charge on any atom is 0.228 e. The topological polar surface area (TPSA) is 87.1 Å². The summed E-state index contributed by atoms with van der Waals surface area (Å²) < 4.78 is 0. The Balaban J connectivity index is 1.42. The van der Waals surface area contributed by atoms with Gasteiger partial charge in [0.05, 0.1) is 6.20 Å². The van der Waals surface area contributed by atoms with Crippen molar-refractivity contribution in [3.8, 4) is 0 Å². The molecule has 1 fully saturated rings. The Bertz CT molecular complexity index is 1200. The first-order chi connectivity index (χ1) is 15.2. The Labute approximate surface area is 180 Å². The predicted molar refractivity (Wildman–Crippen MR) is 121 cm³/mol. The van der Waals surface area contributed by atoms with Crippen molar-refractivity contribution in [1.29, 1.82) is 0 Å². The van der Waals surface area contributed by atoms with E-state index in [4.69, 9.17) is 4.98 Å². The van der Waals surface area contributed by atoms with Gasteiger partial charge in [-0.25, -0.2) is 19.9 Å². The summed E-state index contributed by atoms with van der Waals surface area (Å²) in [5, 5.41) is 14.2. The Morgan fingerprint density at radius 2 is 1.90 bits per heavy atom. The number of aliphatic hydroxyl groups excluding tert-OH is 1. The molecule has 0 spiro atoms. The molecule has 1 aliphatic heterocycles. The van der Waals surface area contributed by atoms with Crippen LogP contribution in [-0.4, -0.2) is 37.8 Å². The number of nitrogens with zero attached hydrogens (tertiary/aromatic N) is 5. The molecule has 3 heterocycles. The number of piperidine rings is 1. The molecule has 1 aliphatic rings. The number of hydrogen-bond acceptors (Lipinski definition) is 7. The van der Waals surface area contributed by atoms with Gasteiger partial charge in [-0.1, -0.05) is 42.5 Å². The molecule has 0 radical (unpaired) electrons. The van der Waals surface area contributed by atoms with Crippen molar-refractivity contribution >= 4 is 28.5 Å². The molecule has 0 aliphatic carbocycles. The van der Waals surface area contributed by atoms with E-state index in [0.29, 0.717) is 41.7 Å². The summed E-state index contributed by atoms with van der Waals surface area (Å²) in [6, 6.07) is 18.4. The Morgan fingerprint density at radius 3 is 2.71 bits per heavy atom. The highest BCUT2D eigenvalue weighted by Gasteiger charge is 2.29. The van der Waals surface area contributed by atoms with Gasteiger partial charge in [-0.3, -0.25) is 0 Å². The fourth-order valence-corrected chi connectivity index (χ4v) is 4.14. The normalized spacial score (nSPS) is 18.8. The van der Waals surface area contributed by atoms with E-state index in [-0.39, 0.29) is 0 Å². The maximum atomic E-state index is 10.9. The van der Waals surface area contributed by atoms with Gasteiger partial charge in [0.2, 0.25) is 5.95 Å². The number of rotatable bonds is 4. The minimum absolute atomic E-state index is 0.329. The van der Waals surface area contributed by atoms with Gasteiger partial charge < -0.3 is 15.3 Å². The maximum absolute atomic E-state index is 10.9. The smallest absolute Gasteiger partial charge is 0.228 e. The quantitative estimate of drug-likeness (QED) is 0.520. The zero-order chi connectivity index (χ0) is 21.2. The fourth-order valence-electron chi connectivity index (χ4n) is 4.14. The number of aryl methyl sites for hydroxylation is 1. The van der Waals surface area contributed by atoms with Crippen molar-refractivity contribution < 1.29 is 5.11 Å². The second-order valence-corrected chi connectivity index (χ2v) is 7.93. The summed E-state index contributed by atoms with van der Waals surface area (Å²) >= 11 is 0. The highest BCUT2D eigenvalue weighted by molar-refractivity contribution is 5.87. The number of aromatic nitrogens is 4. The summed E-state index contributed by atoms with van der Waals surface area (Å²) in [4.78, 5) is 19.8. The van der Waals surface area contributed by atoms with Gasteiger partial charge >= 0.3 is 0 Å². The van der Waals surface area contributed by atoms with Gasteiger partial charge in [0, 0.05) is 12.2 Å². The van der Waals surface area contributed by atoms with Crippen molar-refractivity contribution in [2.24, 2.45) is 0 Å². The molecule has 7 nitrogen and oxygen atoms in total. The molecule has 5 rings (SSSR count). The third kappa shape index (κ3) is 4.04. The minimum atomic E-state index is -0.644. The number of benzene rings is 2. The largest absolute Gasteiger partial charge is 0.373 e. The van der Waals surface area contributed by atoms with E-state index in [1.54, 1.807) is 6.20 Å². The van der Waals surface area contributed by atoms with Crippen LogP contribution in [-0.2, 0) is 0 Å². The molecule has 2 unspecified atom stereocenters. The van der Waals surface area contributed by atoms with Crippen molar-refractivity contribution in [1.82, 2.24) is 19.9 Å². The highest BCUT2D eigenvalue weighted by atomic mass is 16.3. The van der Waals surface area contributed by atoms with Crippen LogP contribution < -0.4 is 10.2 Å². The number of fused-ring (bicyclic) bond motifs is 1.